The molecule has 0 saturated heterocycles. The van der Waals surface area contributed by atoms with Crippen molar-refractivity contribution < 1.29 is 22.3 Å². The lowest BCUT2D eigenvalue weighted by molar-refractivity contribution is 0.282. The lowest BCUT2D eigenvalue weighted by Gasteiger charge is -2.08. The summed E-state index contributed by atoms with van der Waals surface area (Å²) in [5.74, 6) is -1.56. The molecule has 108 valence electrons. The van der Waals surface area contributed by atoms with Gasteiger partial charge in [-0.3, -0.25) is 4.72 Å². The first-order valence-corrected chi connectivity index (χ1v) is 7.86. The summed E-state index contributed by atoms with van der Waals surface area (Å²) in [4.78, 5) is 0. The molecule has 0 fully saturated rings. The Hall–Kier alpha value is -1.51. The van der Waals surface area contributed by atoms with E-state index in [1.165, 1.54) is 18.4 Å². The van der Waals surface area contributed by atoms with Crippen LogP contribution in [0.3, 0.4) is 0 Å². The maximum absolute atomic E-state index is 13.6. The van der Waals surface area contributed by atoms with Gasteiger partial charge in [-0.25, -0.2) is 17.2 Å². The minimum absolute atomic E-state index is 0.0815. The second-order valence-corrected chi connectivity index (χ2v) is 6.94. The number of nitrogens with one attached hydrogen (secondary N) is 1. The van der Waals surface area contributed by atoms with Gasteiger partial charge in [0.15, 0.2) is 0 Å². The van der Waals surface area contributed by atoms with E-state index < -0.39 is 27.3 Å². The van der Waals surface area contributed by atoms with Gasteiger partial charge in [0.1, 0.15) is 15.8 Å². The number of halogens is 2. The first kappa shape index (κ1) is 14.9. The Kier molecular flexibility index (Phi) is 4.07. The molecule has 4 nitrogen and oxygen atoms in total. The van der Waals surface area contributed by atoms with Crippen molar-refractivity contribution >= 4 is 27.0 Å². The summed E-state index contributed by atoms with van der Waals surface area (Å²) >= 11 is 0.887. The molecule has 0 atom stereocenters. The van der Waals surface area contributed by atoms with Crippen molar-refractivity contribution in [1.29, 1.82) is 0 Å². The fourth-order valence-electron chi connectivity index (χ4n) is 1.50. The van der Waals surface area contributed by atoms with Crippen molar-refractivity contribution in [2.24, 2.45) is 0 Å². The Morgan fingerprint density at radius 1 is 1.25 bits per heavy atom. The summed E-state index contributed by atoms with van der Waals surface area (Å²) in [5, 5.41) is 10.4. The van der Waals surface area contributed by atoms with Crippen LogP contribution in [0.15, 0.2) is 27.8 Å². The molecule has 2 N–H and O–H groups in total. The van der Waals surface area contributed by atoms with Gasteiger partial charge >= 0.3 is 0 Å². The quantitative estimate of drug-likeness (QED) is 0.910. The fourth-order valence-corrected chi connectivity index (χ4v) is 3.76. The van der Waals surface area contributed by atoms with Crippen LogP contribution < -0.4 is 4.72 Å². The maximum atomic E-state index is 13.6. The van der Waals surface area contributed by atoms with Gasteiger partial charge in [0.2, 0.25) is 0 Å². The molecule has 0 aliphatic carbocycles. The van der Waals surface area contributed by atoms with Gasteiger partial charge < -0.3 is 5.11 Å². The fraction of sp³-hybridized carbons (Fsp3) is 0.167. The van der Waals surface area contributed by atoms with E-state index in [0.717, 1.165) is 23.5 Å². The third-order valence-electron chi connectivity index (χ3n) is 2.57. The third-order valence-corrected chi connectivity index (χ3v) is 5.42. The van der Waals surface area contributed by atoms with Crippen molar-refractivity contribution in [1.82, 2.24) is 0 Å². The van der Waals surface area contributed by atoms with Crippen LogP contribution in [0, 0.1) is 18.6 Å². The molecule has 1 aromatic carbocycles. The Morgan fingerprint density at radius 2 is 1.95 bits per heavy atom. The van der Waals surface area contributed by atoms with E-state index in [1.807, 2.05) is 4.72 Å². The van der Waals surface area contributed by atoms with Gasteiger partial charge in [-0.1, -0.05) is 0 Å². The highest BCUT2D eigenvalue weighted by atomic mass is 32.2. The zero-order chi connectivity index (χ0) is 14.9. The second kappa shape index (κ2) is 5.47. The van der Waals surface area contributed by atoms with Crippen LogP contribution in [0.25, 0.3) is 0 Å². The van der Waals surface area contributed by atoms with Gasteiger partial charge in [0.25, 0.3) is 10.0 Å². The molecule has 0 spiro atoms. The maximum Gasteiger partial charge on any atom is 0.271 e. The van der Waals surface area contributed by atoms with Crippen molar-refractivity contribution in [2.45, 2.75) is 17.7 Å². The average Bonchev–Trinajstić information content (AvgIpc) is 2.85. The number of hydrogen-bond acceptors (Lipinski definition) is 4. The summed E-state index contributed by atoms with van der Waals surface area (Å²) in [7, 11) is -4.00. The molecular formula is C12H11F2NO3S2. The summed E-state index contributed by atoms with van der Waals surface area (Å²) in [6.07, 6.45) is 0. The van der Waals surface area contributed by atoms with E-state index in [-0.39, 0.29) is 16.4 Å². The van der Waals surface area contributed by atoms with Crippen LogP contribution in [-0.2, 0) is 16.6 Å². The number of aryl methyl sites for hydroxylation is 1. The van der Waals surface area contributed by atoms with Crippen molar-refractivity contribution in [3.05, 3.63) is 46.3 Å². The van der Waals surface area contributed by atoms with Crippen LogP contribution in [0.2, 0.25) is 0 Å². The zero-order valence-electron chi connectivity index (χ0n) is 10.4. The Balaban J connectivity index is 2.35. The first-order chi connectivity index (χ1) is 9.33. The Morgan fingerprint density at radius 3 is 2.55 bits per heavy atom. The van der Waals surface area contributed by atoms with Crippen LogP contribution in [-0.4, -0.2) is 13.5 Å². The standard InChI is InChI=1S/C12H11F2NO3S2/c1-7-2-10(14)11(4-9(7)13)15-20(17,18)12-3-8(5-16)6-19-12/h2-4,6,15-16H,5H2,1H3. The summed E-state index contributed by atoms with van der Waals surface area (Å²) < 4.78 is 52.9. The van der Waals surface area contributed by atoms with E-state index in [0.29, 0.717) is 5.56 Å². The van der Waals surface area contributed by atoms with E-state index in [1.54, 1.807) is 0 Å². The minimum atomic E-state index is -4.00. The molecule has 1 aromatic heterocycles. The Bertz CT molecular complexity index is 741. The highest BCUT2D eigenvalue weighted by Crippen LogP contribution is 2.25. The topological polar surface area (TPSA) is 66.4 Å². The monoisotopic (exact) mass is 319 g/mol. The normalized spacial score (nSPS) is 11.6. The largest absolute Gasteiger partial charge is 0.392 e. The van der Waals surface area contributed by atoms with Gasteiger partial charge in [-0.05, 0) is 35.6 Å². The molecule has 2 aromatic rings. The van der Waals surface area contributed by atoms with Crippen LogP contribution in [0.5, 0.6) is 0 Å². The molecule has 0 aliphatic rings. The van der Waals surface area contributed by atoms with Crippen molar-refractivity contribution in [3.8, 4) is 0 Å². The predicted molar refractivity (Wildman–Crippen MR) is 72.1 cm³/mol. The van der Waals surface area contributed by atoms with Gasteiger partial charge in [-0.15, -0.1) is 11.3 Å². The molecule has 8 heteroatoms. The van der Waals surface area contributed by atoms with Gasteiger partial charge in [-0.2, -0.15) is 0 Å². The molecule has 0 saturated carbocycles. The SMILES string of the molecule is Cc1cc(F)c(NS(=O)(=O)c2cc(CO)cs2)cc1F. The summed E-state index contributed by atoms with van der Waals surface area (Å²) in [6.45, 7) is 1.09. The molecule has 20 heavy (non-hydrogen) atoms. The predicted octanol–water partition coefficient (Wildman–Crippen LogP) is 2.63. The van der Waals surface area contributed by atoms with Gasteiger partial charge in [0, 0.05) is 6.07 Å². The number of rotatable bonds is 4. The average molecular weight is 319 g/mol. The lowest BCUT2D eigenvalue weighted by Crippen LogP contribution is -2.13. The van der Waals surface area contributed by atoms with E-state index in [9.17, 15) is 17.2 Å². The van der Waals surface area contributed by atoms with Crippen molar-refractivity contribution in [2.75, 3.05) is 4.72 Å². The molecule has 0 radical (unpaired) electrons. The molecule has 0 bridgehead atoms. The number of sulfonamides is 1. The van der Waals surface area contributed by atoms with E-state index >= 15 is 0 Å². The second-order valence-electron chi connectivity index (χ2n) is 4.12. The molecule has 0 amide bonds. The highest BCUT2D eigenvalue weighted by Gasteiger charge is 2.19. The van der Waals surface area contributed by atoms with Crippen molar-refractivity contribution in [3.63, 3.8) is 0 Å². The summed E-state index contributed by atoms with van der Waals surface area (Å²) in [5.41, 5.74) is 0.0714. The minimum Gasteiger partial charge on any atom is -0.392 e. The molecule has 0 aliphatic heterocycles. The van der Waals surface area contributed by atoms with Crippen LogP contribution >= 0.6 is 11.3 Å². The number of aliphatic hydroxyl groups excluding tert-OH is 1. The number of aliphatic hydroxyl groups is 1. The number of benzene rings is 1. The zero-order valence-corrected chi connectivity index (χ0v) is 12.0. The third kappa shape index (κ3) is 2.97. The van der Waals surface area contributed by atoms with E-state index in [4.69, 9.17) is 5.11 Å². The van der Waals surface area contributed by atoms with Crippen LogP contribution in [0.1, 0.15) is 11.1 Å². The molecular weight excluding hydrogens is 308 g/mol. The highest BCUT2D eigenvalue weighted by molar-refractivity contribution is 7.94. The number of thiophene rings is 1. The molecule has 0 unspecified atom stereocenters. The summed E-state index contributed by atoms with van der Waals surface area (Å²) in [6, 6.07) is 2.99. The number of hydrogen-bond donors (Lipinski definition) is 2. The Labute approximate surface area is 118 Å². The first-order valence-electron chi connectivity index (χ1n) is 5.50. The number of anilines is 1. The molecule has 2 rings (SSSR count). The molecule has 1 heterocycles. The van der Waals surface area contributed by atoms with Gasteiger partial charge in [0.05, 0.1) is 12.3 Å². The lowest BCUT2D eigenvalue weighted by atomic mass is 10.2. The van der Waals surface area contributed by atoms with E-state index in [2.05, 4.69) is 0 Å². The van der Waals surface area contributed by atoms with Crippen LogP contribution in [0.4, 0.5) is 14.5 Å². The smallest absolute Gasteiger partial charge is 0.271 e.